The van der Waals surface area contributed by atoms with E-state index in [0.717, 1.165) is 23.2 Å². The Labute approximate surface area is 198 Å². The van der Waals surface area contributed by atoms with Gasteiger partial charge in [-0.05, 0) is 56.6 Å². The number of carbonyl (C=O) groups excluding carboxylic acids is 3. The van der Waals surface area contributed by atoms with Crippen LogP contribution in [0.15, 0.2) is 12.1 Å². The molecule has 5 atom stereocenters. The minimum atomic E-state index is -1.06. The second-order valence-corrected chi connectivity index (χ2v) is 12.5. The molecule has 1 aliphatic carbocycles. The van der Waals surface area contributed by atoms with E-state index in [0.29, 0.717) is 31.6 Å². The second kappa shape index (κ2) is 5.61. The number of amides is 3. The highest BCUT2D eigenvalue weighted by Crippen LogP contribution is 2.70. The van der Waals surface area contributed by atoms with Crippen molar-refractivity contribution in [2.24, 2.45) is 11.3 Å². The molecule has 2 bridgehead atoms. The van der Waals surface area contributed by atoms with Gasteiger partial charge < -0.3 is 25.4 Å². The summed E-state index contributed by atoms with van der Waals surface area (Å²) in [6.07, 6.45) is 2.50. The summed E-state index contributed by atoms with van der Waals surface area (Å²) in [6.45, 7) is 8.26. The number of ether oxygens (including phenoxy) is 1. The zero-order chi connectivity index (χ0) is 24.1. The fraction of sp³-hybridized carbons (Fsp3) is 0.654. The van der Waals surface area contributed by atoms with Crippen LogP contribution in [-0.2, 0) is 26.2 Å². The monoisotopic (exact) mass is 465 g/mol. The third-order valence-electron chi connectivity index (χ3n) is 10.3. The number of piperazine rings is 1. The third kappa shape index (κ3) is 1.94. The first-order valence-corrected chi connectivity index (χ1v) is 12.4. The van der Waals surface area contributed by atoms with Crippen LogP contribution in [0.4, 0.5) is 5.69 Å². The Morgan fingerprint density at radius 2 is 1.94 bits per heavy atom. The number of hydrogen-bond acceptors (Lipinski definition) is 5. The van der Waals surface area contributed by atoms with E-state index in [4.69, 9.17) is 4.74 Å². The molecule has 6 heterocycles. The van der Waals surface area contributed by atoms with Gasteiger partial charge in [-0.15, -0.1) is 0 Å². The SMILES string of the molecule is CC(C)(O)C1Cc2c(ccc3c2NC(=O)[C@]32CC34NC(=O)[C@]5(CCCN5C3=O)C[C@@H]4C2(C)C)O1. The molecule has 3 amide bonds. The van der Waals surface area contributed by atoms with E-state index in [-0.39, 0.29) is 30.1 Å². The maximum absolute atomic E-state index is 14.0. The van der Waals surface area contributed by atoms with Crippen LogP contribution < -0.4 is 15.4 Å². The molecule has 8 heteroatoms. The lowest BCUT2D eigenvalue weighted by Gasteiger charge is -2.59. The van der Waals surface area contributed by atoms with E-state index in [1.54, 1.807) is 13.8 Å². The Kier molecular flexibility index (Phi) is 3.42. The van der Waals surface area contributed by atoms with Gasteiger partial charge in [0.25, 0.3) is 0 Å². The number of rotatable bonds is 1. The van der Waals surface area contributed by atoms with E-state index in [2.05, 4.69) is 24.5 Å². The molecule has 6 aliphatic heterocycles. The van der Waals surface area contributed by atoms with Crippen molar-refractivity contribution in [2.75, 3.05) is 11.9 Å². The molecule has 34 heavy (non-hydrogen) atoms. The molecule has 1 saturated carbocycles. The Hall–Kier alpha value is -2.61. The smallest absolute Gasteiger partial charge is 0.249 e. The van der Waals surface area contributed by atoms with Gasteiger partial charge >= 0.3 is 0 Å². The number of hydrogen-bond donors (Lipinski definition) is 3. The summed E-state index contributed by atoms with van der Waals surface area (Å²) in [6, 6.07) is 3.85. The summed E-state index contributed by atoms with van der Waals surface area (Å²) in [4.78, 5) is 43.0. The van der Waals surface area contributed by atoms with Crippen LogP contribution in [0, 0.1) is 11.3 Å². The van der Waals surface area contributed by atoms with Gasteiger partial charge in [-0.1, -0.05) is 19.9 Å². The quantitative estimate of drug-likeness (QED) is 0.584. The average Bonchev–Trinajstić information content (AvgIpc) is 3.47. The molecular weight excluding hydrogens is 434 g/mol. The molecular formula is C26H31N3O5. The summed E-state index contributed by atoms with van der Waals surface area (Å²) < 4.78 is 6.04. The first-order chi connectivity index (χ1) is 15.9. The summed E-state index contributed by atoms with van der Waals surface area (Å²) in [5, 5.41) is 16.9. The van der Waals surface area contributed by atoms with Gasteiger partial charge in [0.15, 0.2) is 0 Å². The highest BCUT2D eigenvalue weighted by atomic mass is 16.5. The van der Waals surface area contributed by atoms with E-state index < -0.39 is 33.6 Å². The number of nitrogens with one attached hydrogen (secondary N) is 2. The van der Waals surface area contributed by atoms with Gasteiger partial charge in [0, 0.05) is 24.4 Å². The van der Waals surface area contributed by atoms with Crippen LogP contribution in [0.5, 0.6) is 5.75 Å². The molecule has 3 N–H and O–H groups in total. The van der Waals surface area contributed by atoms with Crippen molar-refractivity contribution in [2.45, 2.75) is 88.0 Å². The topological polar surface area (TPSA) is 108 Å². The van der Waals surface area contributed by atoms with Crippen molar-refractivity contribution in [1.29, 1.82) is 0 Å². The maximum atomic E-state index is 14.0. The number of anilines is 1. The van der Waals surface area contributed by atoms with E-state index >= 15 is 0 Å². The zero-order valence-electron chi connectivity index (χ0n) is 20.1. The Bertz CT molecular complexity index is 1220. The van der Waals surface area contributed by atoms with Crippen molar-refractivity contribution in [1.82, 2.24) is 10.2 Å². The van der Waals surface area contributed by atoms with Gasteiger partial charge in [-0.3, -0.25) is 14.4 Å². The van der Waals surface area contributed by atoms with E-state index in [1.807, 2.05) is 17.0 Å². The lowest BCUT2D eigenvalue weighted by atomic mass is 9.57. The predicted octanol–water partition coefficient (Wildman–Crippen LogP) is 1.63. The highest BCUT2D eigenvalue weighted by Gasteiger charge is 2.80. The molecule has 2 unspecified atom stereocenters. The van der Waals surface area contributed by atoms with Crippen molar-refractivity contribution in [3.63, 3.8) is 0 Å². The summed E-state index contributed by atoms with van der Waals surface area (Å²) in [5.41, 5.74) is -1.81. The fourth-order valence-corrected chi connectivity index (χ4v) is 8.51. The van der Waals surface area contributed by atoms with Gasteiger partial charge in [-0.2, -0.15) is 0 Å². The number of aliphatic hydroxyl groups is 1. The van der Waals surface area contributed by atoms with Gasteiger partial charge in [0.1, 0.15) is 22.9 Å². The molecule has 180 valence electrons. The van der Waals surface area contributed by atoms with Crippen LogP contribution in [0.2, 0.25) is 0 Å². The van der Waals surface area contributed by atoms with Crippen LogP contribution >= 0.6 is 0 Å². The Balaban J connectivity index is 1.39. The number of fused-ring (bicyclic) bond motifs is 5. The van der Waals surface area contributed by atoms with E-state index in [9.17, 15) is 19.5 Å². The van der Waals surface area contributed by atoms with Crippen molar-refractivity contribution in [3.05, 3.63) is 23.3 Å². The minimum Gasteiger partial charge on any atom is -0.487 e. The first-order valence-electron chi connectivity index (χ1n) is 12.4. The van der Waals surface area contributed by atoms with Gasteiger partial charge in [0.05, 0.1) is 16.7 Å². The summed E-state index contributed by atoms with van der Waals surface area (Å²) >= 11 is 0. The highest BCUT2D eigenvalue weighted by molar-refractivity contribution is 6.12. The number of nitrogens with zero attached hydrogens (tertiary/aromatic N) is 1. The Morgan fingerprint density at radius 3 is 2.68 bits per heavy atom. The number of piperidine rings is 2. The predicted molar refractivity (Wildman–Crippen MR) is 122 cm³/mol. The standard InChI is InChI=1S/C26H31N3O5/c1-22(2)16-11-24-8-5-9-29(24)21(32)26(16,28-19(24)30)12-25(22)14-6-7-15-13(18(14)27-20(25)31)10-17(34-15)23(3,4)33/h6-7,16-17,33H,5,8-12H2,1-4H3,(H,27,31)(H,28,30)/t16-,17?,24+,25+,26?/m1/s1. The number of carbonyl (C=O) groups is 3. The van der Waals surface area contributed by atoms with Crippen molar-refractivity contribution in [3.8, 4) is 5.75 Å². The van der Waals surface area contributed by atoms with E-state index in [1.165, 1.54) is 0 Å². The van der Waals surface area contributed by atoms with Crippen molar-refractivity contribution >= 4 is 23.4 Å². The third-order valence-corrected chi connectivity index (χ3v) is 10.3. The van der Waals surface area contributed by atoms with Crippen LogP contribution in [0.3, 0.4) is 0 Å². The zero-order valence-corrected chi connectivity index (χ0v) is 20.1. The molecule has 3 spiro atoms. The minimum absolute atomic E-state index is 0.0152. The van der Waals surface area contributed by atoms with Gasteiger partial charge in [0.2, 0.25) is 17.7 Å². The van der Waals surface area contributed by atoms with Crippen LogP contribution in [0.25, 0.3) is 0 Å². The molecule has 0 aromatic heterocycles. The van der Waals surface area contributed by atoms with Crippen LogP contribution in [-0.4, -0.2) is 57.1 Å². The lowest BCUT2D eigenvalue weighted by molar-refractivity contribution is -0.175. The lowest BCUT2D eigenvalue weighted by Crippen LogP contribution is -2.81. The molecule has 4 saturated heterocycles. The first kappa shape index (κ1) is 20.7. The molecule has 8 nitrogen and oxygen atoms in total. The average molecular weight is 466 g/mol. The van der Waals surface area contributed by atoms with Crippen LogP contribution in [0.1, 0.15) is 64.5 Å². The summed E-state index contributed by atoms with van der Waals surface area (Å²) in [7, 11) is 0. The van der Waals surface area contributed by atoms with Gasteiger partial charge in [-0.25, -0.2) is 0 Å². The maximum Gasteiger partial charge on any atom is 0.249 e. The summed E-state index contributed by atoms with van der Waals surface area (Å²) in [5.74, 6) is 0.366. The number of benzene rings is 1. The Morgan fingerprint density at radius 1 is 1.18 bits per heavy atom. The largest absolute Gasteiger partial charge is 0.487 e. The molecule has 7 aliphatic rings. The fourth-order valence-electron chi connectivity index (χ4n) is 8.51. The molecule has 5 fully saturated rings. The molecule has 1 aromatic rings. The van der Waals surface area contributed by atoms with Crippen molar-refractivity contribution < 1.29 is 24.2 Å². The normalized spacial score (nSPS) is 40.6. The second-order valence-electron chi connectivity index (χ2n) is 12.5. The molecule has 8 rings (SSSR count). The molecule has 0 radical (unpaired) electrons. The molecule has 1 aromatic carbocycles.